The summed E-state index contributed by atoms with van der Waals surface area (Å²) in [5.74, 6) is -0.158. The zero-order chi connectivity index (χ0) is 10.2. The van der Waals surface area contributed by atoms with Crippen LogP contribution in [-0.2, 0) is 4.79 Å². The number of hydrogen-bond donors (Lipinski definition) is 1. The number of carbonyl (C=O) groups is 1. The monoisotopic (exact) mass is 195 g/mol. The van der Waals surface area contributed by atoms with E-state index in [1.54, 1.807) is 0 Å². The number of carbonyl (C=O) groups excluding carboxylic acids is 1. The Hall–Kier alpha value is -1.08. The lowest BCUT2D eigenvalue weighted by Gasteiger charge is -2.13. The summed E-state index contributed by atoms with van der Waals surface area (Å²) >= 11 is 0. The van der Waals surface area contributed by atoms with Crippen LogP contribution in [0.4, 0.5) is 0 Å². The van der Waals surface area contributed by atoms with Gasteiger partial charge in [0.2, 0.25) is 5.91 Å². The second-order valence-corrected chi connectivity index (χ2v) is 3.59. The van der Waals surface area contributed by atoms with Gasteiger partial charge in [-0.15, -0.1) is 0 Å². The first-order chi connectivity index (χ1) is 6.83. The van der Waals surface area contributed by atoms with E-state index in [-0.39, 0.29) is 12.3 Å². The van der Waals surface area contributed by atoms with Crippen LogP contribution in [0, 0.1) is 11.3 Å². The minimum atomic E-state index is -0.158. The summed E-state index contributed by atoms with van der Waals surface area (Å²) in [6.07, 6.45) is 3.57. The van der Waals surface area contributed by atoms with Crippen LogP contribution in [0.15, 0.2) is 0 Å². The highest BCUT2D eigenvalue weighted by Crippen LogP contribution is 2.06. The molecule has 0 radical (unpaired) electrons. The first-order valence-electron chi connectivity index (χ1n) is 5.19. The first kappa shape index (κ1) is 11.0. The molecule has 4 heteroatoms. The van der Waals surface area contributed by atoms with Gasteiger partial charge in [0.25, 0.3) is 0 Å². The third kappa shape index (κ3) is 4.24. The Labute approximate surface area is 84.9 Å². The average Bonchev–Trinajstić information content (AvgIpc) is 2.65. The quantitative estimate of drug-likeness (QED) is 0.650. The normalized spacial score (nSPS) is 16.5. The second-order valence-electron chi connectivity index (χ2n) is 3.59. The molecular formula is C10H17N3O. The number of nitriles is 1. The summed E-state index contributed by atoms with van der Waals surface area (Å²) in [5.41, 5.74) is 0. The van der Waals surface area contributed by atoms with Crippen molar-refractivity contribution in [2.24, 2.45) is 0 Å². The highest BCUT2D eigenvalue weighted by Gasteiger charge is 2.10. The van der Waals surface area contributed by atoms with Crippen LogP contribution in [0.5, 0.6) is 0 Å². The molecule has 14 heavy (non-hydrogen) atoms. The molecule has 1 aliphatic heterocycles. The summed E-state index contributed by atoms with van der Waals surface area (Å²) in [4.78, 5) is 13.3. The molecule has 0 aromatic heterocycles. The second kappa shape index (κ2) is 6.39. The molecule has 0 aromatic carbocycles. The lowest BCUT2D eigenvalue weighted by molar-refractivity contribution is -0.120. The van der Waals surface area contributed by atoms with Gasteiger partial charge in [-0.3, -0.25) is 4.79 Å². The van der Waals surface area contributed by atoms with Gasteiger partial charge in [-0.05, 0) is 38.9 Å². The Bertz CT molecular complexity index is 216. The first-order valence-corrected chi connectivity index (χ1v) is 5.19. The molecule has 1 fully saturated rings. The van der Waals surface area contributed by atoms with Gasteiger partial charge in [0.15, 0.2) is 0 Å². The summed E-state index contributed by atoms with van der Waals surface area (Å²) in [7, 11) is 0. The molecule has 0 spiro atoms. The smallest absolute Gasteiger partial charge is 0.234 e. The standard InChI is InChI=1S/C10H17N3O/c11-5-4-10(14)12-6-3-9-13-7-1-2-8-13/h1-4,6-9H2,(H,12,14). The number of rotatable bonds is 5. The van der Waals surface area contributed by atoms with Crippen LogP contribution in [0.1, 0.15) is 25.7 Å². The average molecular weight is 195 g/mol. The summed E-state index contributed by atoms with van der Waals surface area (Å²) in [6, 6.07) is 1.83. The highest BCUT2D eigenvalue weighted by molar-refractivity contribution is 5.77. The fourth-order valence-corrected chi connectivity index (χ4v) is 1.67. The van der Waals surface area contributed by atoms with Gasteiger partial charge < -0.3 is 10.2 Å². The third-order valence-electron chi connectivity index (χ3n) is 2.41. The number of nitrogens with one attached hydrogen (secondary N) is 1. The van der Waals surface area contributed by atoms with E-state index in [9.17, 15) is 4.79 Å². The van der Waals surface area contributed by atoms with Crippen molar-refractivity contribution in [1.82, 2.24) is 10.2 Å². The largest absolute Gasteiger partial charge is 0.355 e. The molecule has 1 rings (SSSR count). The van der Waals surface area contributed by atoms with E-state index in [1.165, 1.54) is 25.9 Å². The van der Waals surface area contributed by atoms with Crippen molar-refractivity contribution in [2.45, 2.75) is 25.7 Å². The minimum absolute atomic E-state index is 0.0241. The van der Waals surface area contributed by atoms with E-state index in [1.807, 2.05) is 6.07 Å². The van der Waals surface area contributed by atoms with Gasteiger partial charge in [-0.25, -0.2) is 0 Å². The predicted molar refractivity (Wildman–Crippen MR) is 53.5 cm³/mol. The number of nitrogens with zero attached hydrogens (tertiary/aromatic N) is 2. The molecule has 0 atom stereocenters. The number of amides is 1. The van der Waals surface area contributed by atoms with Gasteiger partial charge in [-0.1, -0.05) is 0 Å². The highest BCUT2D eigenvalue weighted by atomic mass is 16.1. The molecule has 0 unspecified atom stereocenters. The van der Waals surface area contributed by atoms with Gasteiger partial charge in [0.1, 0.15) is 6.42 Å². The summed E-state index contributed by atoms with van der Waals surface area (Å²) in [6.45, 7) is 4.15. The van der Waals surface area contributed by atoms with E-state index < -0.39 is 0 Å². The van der Waals surface area contributed by atoms with E-state index in [4.69, 9.17) is 5.26 Å². The topological polar surface area (TPSA) is 56.1 Å². The van der Waals surface area contributed by atoms with Crippen LogP contribution in [0.25, 0.3) is 0 Å². The van der Waals surface area contributed by atoms with Crippen molar-refractivity contribution in [1.29, 1.82) is 5.26 Å². The van der Waals surface area contributed by atoms with Crippen LogP contribution in [0.2, 0.25) is 0 Å². The van der Waals surface area contributed by atoms with Crippen molar-refractivity contribution in [3.05, 3.63) is 0 Å². The maximum Gasteiger partial charge on any atom is 0.234 e. The van der Waals surface area contributed by atoms with Crippen molar-refractivity contribution in [3.63, 3.8) is 0 Å². The van der Waals surface area contributed by atoms with Crippen LogP contribution < -0.4 is 5.32 Å². The molecule has 1 saturated heterocycles. The molecule has 1 amide bonds. The molecule has 4 nitrogen and oxygen atoms in total. The zero-order valence-corrected chi connectivity index (χ0v) is 8.46. The Morgan fingerprint density at radius 2 is 2.14 bits per heavy atom. The van der Waals surface area contributed by atoms with E-state index in [2.05, 4.69) is 10.2 Å². The maximum absolute atomic E-state index is 10.9. The molecular weight excluding hydrogens is 178 g/mol. The number of likely N-dealkylation sites (tertiary alicyclic amines) is 1. The molecule has 1 heterocycles. The maximum atomic E-state index is 10.9. The van der Waals surface area contributed by atoms with Crippen molar-refractivity contribution < 1.29 is 4.79 Å². The van der Waals surface area contributed by atoms with Crippen LogP contribution in [-0.4, -0.2) is 37.0 Å². The minimum Gasteiger partial charge on any atom is -0.355 e. The molecule has 0 aliphatic carbocycles. The van der Waals surface area contributed by atoms with Gasteiger partial charge in [0.05, 0.1) is 6.07 Å². The molecule has 0 aromatic rings. The SMILES string of the molecule is N#CCC(=O)NCCCN1CCCC1. The lowest BCUT2D eigenvalue weighted by Crippen LogP contribution is -2.28. The Morgan fingerprint density at radius 3 is 2.79 bits per heavy atom. The van der Waals surface area contributed by atoms with E-state index in [0.717, 1.165) is 13.0 Å². The van der Waals surface area contributed by atoms with Crippen molar-refractivity contribution >= 4 is 5.91 Å². The van der Waals surface area contributed by atoms with Gasteiger partial charge in [0, 0.05) is 6.54 Å². The van der Waals surface area contributed by atoms with Crippen molar-refractivity contribution in [3.8, 4) is 6.07 Å². The molecule has 1 aliphatic rings. The van der Waals surface area contributed by atoms with E-state index >= 15 is 0 Å². The van der Waals surface area contributed by atoms with Crippen LogP contribution >= 0.6 is 0 Å². The Kier molecular flexibility index (Phi) is 5.02. The molecule has 0 bridgehead atoms. The number of hydrogen-bond acceptors (Lipinski definition) is 3. The fourth-order valence-electron chi connectivity index (χ4n) is 1.67. The Morgan fingerprint density at radius 1 is 1.43 bits per heavy atom. The predicted octanol–water partition coefficient (Wildman–Crippen LogP) is 0.502. The zero-order valence-electron chi connectivity index (χ0n) is 8.46. The summed E-state index contributed by atoms with van der Waals surface area (Å²) in [5, 5.41) is 11.0. The lowest BCUT2D eigenvalue weighted by atomic mass is 10.3. The third-order valence-corrected chi connectivity index (χ3v) is 2.41. The van der Waals surface area contributed by atoms with Crippen molar-refractivity contribution in [2.75, 3.05) is 26.2 Å². The molecule has 78 valence electrons. The van der Waals surface area contributed by atoms with Gasteiger partial charge in [-0.2, -0.15) is 5.26 Å². The Balaban J connectivity index is 1.93. The molecule has 1 N–H and O–H groups in total. The van der Waals surface area contributed by atoms with Crippen LogP contribution in [0.3, 0.4) is 0 Å². The molecule has 0 saturated carbocycles. The van der Waals surface area contributed by atoms with E-state index in [0.29, 0.717) is 6.54 Å². The summed E-state index contributed by atoms with van der Waals surface area (Å²) < 4.78 is 0. The fraction of sp³-hybridized carbons (Fsp3) is 0.800. The van der Waals surface area contributed by atoms with Gasteiger partial charge >= 0.3 is 0 Å².